The molecule has 0 amide bonds. The van der Waals surface area contributed by atoms with E-state index < -0.39 is 0 Å². The van der Waals surface area contributed by atoms with Crippen LogP contribution in [0, 0.1) is 0 Å². The average Bonchev–Trinajstić information content (AvgIpc) is 2.82. The molecule has 1 aromatic rings. The number of hydrogen-bond acceptors (Lipinski definition) is 4. The fourth-order valence-corrected chi connectivity index (χ4v) is 1.98. The third-order valence-corrected chi connectivity index (χ3v) is 3.40. The highest BCUT2D eigenvalue weighted by Crippen LogP contribution is 2.16. The standard InChI is InChI=1S/C14H23N3O.3ClH/c1-11(2)17(3)10-12-8-13(5-7-16-12)18-14-4-6-15-9-14;;;/h5,7-8,11,14-15H,4,6,9-10H2,1-3H3;3*1H. The van der Waals surface area contributed by atoms with Gasteiger partial charge in [-0.1, -0.05) is 0 Å². The SMILES string of the molecule is CC(C)N(C)Cc1cc(OC2CCNC2)ccn1.Cl.Cl.Cl. The van der Waals surface area contributed by atoms with Crippen molar-refractivity contribution in [2.24, 2.45) is 0 Å². The molecule has 1 fully saturated rings. The zero-order valence-corrected chi connectivity index (χ0v) is 15.2. The van der Waals surface area contributed by atoms with Crippen molar-refractivity contribution in [3.05, 3.63) is 24.0 Å². The second-order valence-corrected chi connectivity index (χ2v) is 5.22. The van der Waals surface area contributed by atoms with Crippen molar-refractivity contribution in [1.29, 1.82) is 0 Å². The highest BCUT2D eigenvalue weighted by atomic mass is 35.5. The third-order valence-electron chi connectivity index (χ3n) is 3.40. The lowest BCUT2D eigenvalue weighted by Crippen LogP contribution is -2.26. The molecule has 1 atom stereocenters. The van der Waals surface area contributed by atoms with Gasteiger partial charge < -0.3 is 10.1 Å². The Morgan fingerprint density at radius 2 is 2.10 bits per heavy atom. The molecule has 7 heteroatoms. The first-order valence-electron chi connectivity index (χ1n) is 6.67. The maximum absolute atomic E-state index is 5.94. The predicted molar refractivity (Wildman–Crippen MR) is 94.5 cm³/mol. The lowest BCUT2D eigenvalue weighted by Gasteiger charge is -2.20. The summed E-state index contributed by atoms with van der Waals surface area (Å²) < 4.78 is 5.94. The van der Waals surface area contributed by atoms with Gasteiger partial charge in [0.1, 0.15) is 11.9 Å². The molecule has 0 spiro atoms. The van der Waals surface area contributed by atoms with Gasteiger partial charge in [0, 0.05) is 31.4 Å². The van der Waals surface area contributed by atoms with Crippen LogP contribution in [0.2, 0.25) is 0 Å². The van der Waals surface area contributed by atoms with Crippen LogP contribution >= 0.6 is 37.2 Å². The van der Waals surface area contributed by atoms with E-state index in [-0.39, 0.29) is 37.2 Å². The van der Waals surface area contributed by atoms with Gasteiger partial charge in [0.15, 0.2) is 0 Å². The molecule has 1 saturated heterocycles. The minimum Gasteiger partial charge on any atom is -0.489 e. The van der Waals surface area contributed by atoms with Crippen molar-refractivity contribution in [2.45, 2.75) is 39.0 Å². The summed E-state index contributed by atoms with van der Waals surface area (Å²) in [5, 5.41) is 3.31. The van der Waals surface area contributed by atoms with E-state index in [1.54, 1.807) is 0 Å². The van der Waals surface area contributed by atoms with Crippen LogP contribution in [0.1, 0.15) is 26.0 Å². The monoisotopic (exact) mass is 357 g/mol. The molecule has 0 aliphatic carbocycles. The smallest absolute Gasteiger partial charge is 0.123 e. The van der Waals surface area contributed by atoms with Crippen molar-refractivity contribution in [3.8, 4) is 5.75 Å². The van der Waals surface area contributed by atoms with E-state index in [1.807, 2.05) is 12.3 Å². The van der Waals surface area contributed by atoms with Crippen LogP contribution in [-0.2, 0) is 6.54 Å². The highest BCUT2D eigenvalue weighted by molar-refractivity contribution is 5.86. The lowest BCUT2D eigenvalue weighted by molar-refractivity contribution is 0.221. The van der Waals surface area contributed by atoms with Gasteiger partial charge in [-0.2, -0.15) is 0 Å². The first-order chi connectivity index (χ1) is 8.65. The van der Waals surface area contributed by atoms with Crippen LogP contribution < -0.4 is 10.1 Å². The van der Waals surface area contributed by atoms with E-state index in [9.17, 15) is 0 Å². The number of ether oxygens (including phenoxy) is 1. The zero-order chi connectivity index (χ0) is 13.0. The summed E-state index contributed by atoms with van der Waals surface area (Å²) in [7, 11) is 2.11. The molecule has 1 unspecified atom stereocenters. The average molecular weight is 359 g/mol. The second-order valence-electron chi connectivity index (χ2n) is 5.22. The summed E-state index contributed by atoms with van der Waals surface area (Å²) in [5.41, 5.74) is 1.06. The lowest BCUT2D eigenvalue weighted by atomic mass is 10.2. The van der Waals surface area contributed by atoms with Gasteiger partial charge in [0.05, 0.1) is 5.69 Å². The largest absolute Gasteiger partial charge is 0.489 e. The van der Waals surface area contributed by atoms with Gasteiger partial charge >= 0.3 is 0 Å². The van der Waals surface area contributed by atoms with Crippen molar-refractivity contribution >= 4 is 37.2 Å². The maximum Gasteiger partial charge on any atom is 0.123 e. The van der Waals surface area contributed by atoms with E-state index in [2.05, 4.69) is 42.2 Å². The normalized spacial score (nSPS) is 16.9. The van der Waals surface area contributed by atoms with E-state index in [1.165, 1.54) is 0 Å². The van der Waals surface area contributed by atoms with Gasteiger partial charge in [-0.15, -0.1) is 37.2 Å². The topological polar surface area (TPSA) is 37.4 Å². The zero-order valence-electron chi connectivity index (χ0n) is 12.7. The Hall–Kier alpha value is -0.260. The van der Waals surface area contributed by atoms with Gasteiger partial charge in [-0.25, -0.2) is 0 Å². The van der Waals surface area contributed by atoms with E-state index >= 15 is 0 Å². The molecule has 2 heterocycles. The Morgan fingerprint density at radius 3 is 2.67 bits per heavy atom. The Morgan fingerprint density at radius 1 is 1.38 bits per heavy atom. The summed E-state index contributed by atoms with van der Waals surface area (Å²) >= 11 is 0. The summed E-state index contributed by atoms with van der Waals surface area (Å²) in [6.07, 6.45) is 3.23. The highest BCUT2D eigenvalue weighted by Gasteiger charge is 2.16. The minimum absolute atomic E-state index is 0. The molecule has 0 saturated carbocycles. The third kappa shape index (κ3) is 7.52. The molecule has 1 N–H and O–H groups in total. The summed E-state index contributed by atoms with van der Waals surface area (Å²) in [6.45, 7) is 7.23. The van der Waals surface area contributed by atoms with Gasteiger partial charge in [0.25, 0.3) is 0 Å². The molecule has 4 nitrogen and oxygen atoms in total. The van der Waals surface area contributed by atoms with Crippen molar-refractivity contribution in [1.82, 2.24) is 15.2 Å². The minimum atomic E-state index is 0. The van der Waals surface area contributed by atoms with Crippen molar-refractivity contribution in [2.75, 3.05) is 20.1 Å². The Kier molecular flexibility index (Phi) is 12.4. The number of hydrogen-bond donors (Lipinski definition) is 1. The van der Waals surface area contributed by atoms with Gasteiger partial charge in [0.2, 0.25) is 0 Å². The number of aromatic nitrogens is 1. The Labute approximate surface area is 146 Å². The number of pyridine rings is 1. The number of nitrogens with zero attached hydrogens (tertiary/aromatic N) is 2. The molecule has 1 aliphatic heterocycles. The van der Waals surface area contributed by atoms with Crippen LogP contribution in [0.25, 0.3) is 0 Å². The molecule has 0 aromatic carbocycles. The van der Waals surface area contributed by atoms with Crippen molar-refractivity contribution in [3.63, 3.8) is 0 Å². The first-order valence-corrected chi connectivity index (χ1v) is 6.67. The fraction of sp³-hybridized carbons (Fsp3) is 0.643. The molecule has 1 aliphatic rings. The van der Waals surface area contributed by atoms with Crippen molar-refractivity contribution < 1.29 is 4.74 Å². The summed E-state index contributed by atoms with van der Waals surface area (Å²) in [6, 6.07) is 4.52. The molecule has 21 heavy (non-hydrogen) atoms. The van der Waals surface area contributed by atoms with Gasteiger partial charge in [-0.3, -0.25) is 9.88 Å². The summed E-state index contributed by atoms with van der Waals surface area (Å²) in [4.78, 5) is 6.67. The van der Waals surface area contributed by atoms with Crippen LogP contribution in [-0.4, -0.2) is 42.2 Å². The Bertz CT molecular complexity index is 368. The summed E-state index contributed by atoms with van der Waals surface area (Å²) in [5.74, 6) is 0.936. The second kappa shape index (κ2) is 11.3. The Balaban J connectivity index is 0. The maximum atomic E-state index is 5.94. The molecular formula is C14H26Cl3N3O. The molecule has 0 radical (unpaired) electrons. The van der Waals surface area contributed by atoms with Crippen LogP contribution in [0.5, 0.6) is 5.75 Å². The van der Waals surface area contributed by atoms with E-state index in [0.29, 0.717) is 12.1 Å². The molecule has 1 aromatic heterocycles. The predicted octanol–water partition coefficient (Wildman–Crippen LogP) is 2.93. The quantitative estimate of drug-likeness (QED) is 0.878. The van der Waals surface area contributed by atoms with E-state index in [4.69, 9.17) is 4.74 Å². The number of rotatable bonds is 5. The fourth-order valence-electron chi connectivity index (χ4n) is 1.98. The number of halogens is 3. The first kappa shape index (κ1) is 23.0. The number of nitrogens with one attached hydrogen (secondary N) is 1. The molecule has 0 bridgehead atoms. The van der Waals surface area contributed by atoms with E-state index in [0.717, 1.165) is 37.5 Å². The molecule has 124 valence electrons. The van der Waals surface area contributed by atoms with Gasteiger partial charge in [-0.05, 0) is 39.9 Å². The molecular weight excluding hydrogens is 333 g/mol. The van der Waals surface area contributed by atoms with Crippen LogP contribution in [0.15, 0.2) is 18.3 Å². The van der Waals surface area contributed by atoms with Crippen LogP contribution in [0.4, 0.5) is 0 Å². The molecule has 2 rings (SSSR count). The van der Waals surface area contributed by atoms with Crippen LogP contribution in [0.3, 0.4) is 0 Å².